The number of amides is 1. The molecule has 114 valence electrons. The van der Waals surface area contributed by atoms with Crippen molar-refractivity contribution in [3.05, 3.63) is 64.7 Å². The first-order valence-electron chi connectivity index (χ1n) is 7.89. The number of anilines is 1. The van der Waals surface area contributed by atoms with E-state index in [1.807, 2.05) is 19.1 Å². The standard InChI is InChI=1S/C19H22N2O/c1-14-7-8-18(15(2)11-14)20-19(22)13-21-10-9-16-5-3-4-6-17(16)12-21/h3-8,11H,9-10,12-13H2,1-2H3,(H,20,22)/p+1. The Labute approximate surface area is 132 Å². The molecule has 3 nitrogen and oxygen atoms in total. The van der Waals surface area contributed by atoms with Crippen molar-refractivity contribution in [2.45, 2.75) is 26.8 Å². The number of benzene rings is 2. The molecule has 1 heterocycles. The number of rotatable bonds is 3. The maximum absolute atomic E-state index is 12.3. The van der Waals surface area contributed by atoms with Crippen molar-refractivity contribution in [1.29, 1.82) is 0 Å². The Morgan fingerprint density at radius 2 is 1.91 bits per heavy atom. The second-order valence-corrected chi connectivity index (χ2v) is 6.24. The zero-order chi connectivity index (χ0) is 15.5. The minimum atomic E-state index is 0.0985. The predicted octanol–water partition coefficient (Wildman–Crippen LogP) is 1.88. The normalized spacial score (nSPS) is 16.9. The van der Waals surface area contributed by atoms with Crippen molar-refractivity contribution in [1.82, 2.24) is 0 Å². The van der Waals surface area contributed by atoms with E-state index in [9.17, 15) is 4.79 Å². The molecule has 22 heavy (non-hydrogen) atoms. The smallest absolute Gasteiger partial charge is 0.279 e. The SMILES string of the molecule is Cc1ccc(NC(=O)C[NH+]2CCc3ccccc3C2)c(C)c1. The minimum absolute atomic E-state index is 0.0985. The van der Waals surface area contributed by atoms with Gasteiger partial charge < -0.3 is 10.2 Å². The Bertz CT molecular complexity index is 694. The highest BCUT2D eigenvalue weighted by molar-refractivity contribution is 5.92. The molecule has 0 spiro atoms. The van der Waals surface area contributed by atoms with Crippen LogP contribution in [0.5, 0.6) is 0 Å². The Morgan fingerprint density at radius 3 is 2.68 bits per heavy atom. The van der Waals surface area contributed by atoms with Crippen LogP contribution in [0.1, 0.15) is 22.3 Å². The Kier molecular flexibility index (Phi) is 4.25. The third-order valence-corrected chi connectivity index (χ3v) is 4.37. The molecule has 0 radical (unpaired) electrons. The third kappa shape index (κ3) is 3.37. The van der Waals surface area contributed by atoms with E-state index in [-0.39, 0.29) is 5.91 Å². The molecule has 0 saturated heterocycles. The largest absolute Gasteiger partial charge is 0.323 e. The van der Waals surface area contributed by atoms with Crippen LogP contribution in [-0.2, 0) is 17.8 Å². The molecule has 0 aliphatic carbocycles. The van der Waals surface area contributed by atoms with E-state index in [2.05, 4.69) is 42.6 Å². The molecule has 1 unspecified atom stereocenters. The van der Waals surface area contributed by atoms with Gasteiger partial charge in [0.15, 0.2) is 6.54 Å². The van der Waals surface area contributed by atoms with Crippen molar-refractivity contribution in [2.75, 3.05) is 18.4 Å². The van der Waals surface area contributed by atoms with Crippen molar-refractivity contribution in [3.8, 4) is 0 Å². The van der Waals surface area contributed by atoms with Gasteiger partial charge in [0.05, 0.1) is 6.54 Å². The highest BCUT2D eigenvalue weighted by atomic mass is 16.2. The molecule has 0 bridgehead atoms. The number of hydrogen-bond acceptors (Lipinski definition) is 1. The summed E-state index contributed by atoms with van der Waals surface area (Å²) in [6, 6.07) is 14.7. The first-order valence-corrected chi connectivity index (χ1v) is 7.89. The summed E-state index contributed by atoms with van der Waals surface area (Å²) in [4.78, 5) is 13.6. The Morgan fingerprint density at radius 1 is 1.14 bits per heavy atom. The van der Waals surface area contributed by atoms with E-state index in [4.69, 9.17) is 0 Å². The first kappa shape index (κ1) is 14.8. The molecule has 1 amide bonds. The van der Waals surface area contributed by atoms with Gasteiger partial charge >= 0.3 is 0 Å². The molecule has 2 aromatic rings. The monoisotopic (exact) mass is 295 g/mol. The molecule has 2 aromatic carbocycles. The fourth-order valence-corrected chi connectivity index (χ4v) is 3.17. The lowest BCUT2D eigenvalue weighted by Crippen LogP contribution is -3.12. The zero-order valence-corrected chi connectivity index (χ0v) is 13.3. The second-order valence-electron chi connectivity index (χ2n) is 6.24. The Hall–Kier alpha value is -2.13. The van der Waals surface area contributed by atoms with E-state index in [0.717, 1.165) is 30.8 Å². The van der Waals surface area contributed by atoms with Crippen molar-refractivity contribution in [3.63, 3.8) is 0 Å². The van der Waals surface area contributed by atoms with Crippen LogP contribution in [-0.4, -0.2) is 19.0 Å². The first-order chi connectivity index (χ1) is 10.6. The fourth-order valence-electron chi connectivity index (χ4n) is 3.17. The zero-order valence-electron chi connectivity index (χ0n) is 13.3. The molecule has 1 atom stereocenters. The number of nitrogens with one attached hydrogen (secondary N) is 2. The maximum Gasteiger partial charge on any atom is 0.279 e. The number of fused-ring (bicyclic) bond motifs is 1. The van der Waals surface area contributed by atoms with Gasteiger partial charge in [-0.25, -0.2) is 0 Å². The topological polar surface area (TPSA) is 33.5 Å². The molecular weight excluding hydrogens is 272 g/mol. The molecular formula is C19H23N2O+. The van der Waals surface area contributed by atoms with E-state index >= 15 is 0 Å². The summed E-state index contributed by atoms with van der Waals surface area (Å²) in [5, 5.41) is 3.05. The summed E-state index contributed by atoms with van der Waals surface area (Å²) in [6.07, 6.45) is 1.06. The van der Waals surface area contributed by atoms with Crippen molar-refractivity contribution >= 4 is 11.6 Å². The molecule has 0 fully saturated rings. The lowest BCUT2D eigenvalue weighted by Gasteiger charge is -2.25. The average Bonchev–Trinajstić information content (AvgIpc) is 2.50. The van der Waals surface area contributed by atoms with Crippen LogP contribution < -0.4 is 10.2 Å². The van der Waals surface area contributed by atoms with Crippen LogP contribution in [0.3, 0.4) is 0 Å². The van der Waals surface area contributed by atoms with Crippen LogP contribution in [0.2, 0.25) is 0 Å². The van der Waals surface area contributed by atoms with Crippen LogP contribution in [0.25, 0.3) is 0 Å². The van der Waals surface area contributed by atoms with E-state index in [1.54, 1.807) is 0 Å². The van der Waals surface area contributed by atoms with Gasteiger partial charge in [-0.2, -0.15) is 0 Å². The summed E-state index contributed by atoms with van der Waals surface area (Å²) in [5.41, 5.74) is 6.07. The van der Waals surface area contributed by atoms with Crippen molar-refractivity contribution in [2.24, 2.45) is 0 Å². The van der Waals surface area contributed by atoms with Crippen LogP contribution in [0.4, 0.5) is 5.69 Å². The van der Waals surface area contributed by atoms with Gasteiger partial charge in [-0.05, 0) is 31.0 Å². The van der Waals surface area contributed by atoms with Gasteiger partial charge in [-0.3, -0.25) is 4.79 Å². The highest BCUT2D eigenvalue weighted by Crippen LogP contribution is 2.15. The molecule has 0 aromatic heterocycles. The Balaban J connectivity index is 1.61. The fraction of sp³-hybridized carbons (Fsp3) is 0.316. The van der Waals surface area contributed by atoms with Gasteiger partial charge in [-0.1, -0.05) is 42.0 Å². The lowest BCUT2D eigenvalue weighted by atomic mass is 10.00. The highest BCUT2D eigenvalue weighted by Gasteiger charge is 2.21. The average molecular weight is 295 g/mol. The summed E-state index contributed by atoms with van der Waals surface area (Å²) in [5.74, 6) is 0.0985. The minimum Gasteiger partial charge on any atom is -0.323 e. The van der Waals surface area contributed by atoms with E-state index in [0.29, 0.717) is 6.54 Å². The number of hydrogen-bond donors (Lipinski definition) is 2. The molecule has 3 rings (SSSR count). The van der Waals surface area contributed by atoms with Gasteiger partial charge in [0.2, 0.25) is 0 Å². The van der Waals surface area contributed by atoms with Gasteiger partial charge in [0.1, 0.15) is 6.54 Å². The quantitative estimate of drug-likeness (QED) is 0.891. The molecule has 3 heteroatoms. The summed E-state index contributed by atoms with van der Waals surface area (Å²) < 4.78 is 0. The molecule has 2 N–H and O–H groups in total. The molecule has 1 aliphatic rings. The van der Waals surface area contributed by atoms with E-state index in [1.165, 1.54) is 21.6 Å². The third-order valence-electron chi connectivity index (χ3n) is 4.37. The lowest BCUT2D eigenvalue weighted by molar-refractivity contribution is -0.907. The van der Waals surface area contributed by atoms with Crippen LogP contribution in [0.15, 0.2) is 42.5 Å². The van der Waals surface area contributed by atoms with Crippen LogP contribution >= 0.6 is 0 Å². The second kappa shape index (κ2) is 6.32. The van der Waals surface area contributed by atoms with Crippen LogP contribution in [0, 0.1) is 13.8 Å². The molecule has 1 aliphatic heterocycles. The van der Waals surface area contributed by atoms with Gasteiger partial charge in [-0.15, -0.1) is 0 Å². The summed E-state index contributed by atoms with van der Waals surface area (Å²) in [6.45, 7) is 6.59. The predicted molar refractivity (Wildman–Crippen MR) is 89.1 cm³/mol. The summed E-state index contributed by atoms with van der Waals surface area (Å²) in [7, 11) is 0. The summed E-state index contributed by atoms with van der Waals surface area (Å²) >= 11 is 0. The number of quaternary nitrogens is 1. The number of carbonyl (C=O) groups is 1. The van der Waals surface area contributed by atoms with Gasteiger partial charge in [0.25, 0.3) is 5.91 Å². The van der Waals surface area contributed by atoms with E-state index < -0.39 is 0 Å². The number of carbonyl (C=O) groups excluding carboxylic acids is 1. The van der Waals surface area contributed by atoms with Crippen molar-refractivity contribution < 1.29 is 9.69 Å². The molecule has 0 saturated carbocycles. The number of aryl methyl sites for hydroxylation is 2. The maximum atomic E-state index is 12.3. The van der Waals surface area contributed by atoms with Gasteiger partial charge in [0, 0.05) is 17.7 Å².